The van der Waals surface area contributed by atoms with Crippen LogP contribution in [0.2, 0.25) is 0 Å². The predicted molar refractivity (Wildman–Crippen MR) is 135 cm³/mol. The molecule has 0 aliphatic rings. The van der Waals surface area contributed by atoms with E-state index in [0.717, 1.165) is 17.5 Å². The fourth-order valence-corrected chi connectivity index (χ4v) is 2.60. The van der Waals surface area contributed by atoms with Gasteiger partial charge in [-0.2, -0.15) is 0 Å². The lowest BCUT2D eigenvalue weighted by molar-refractivity contribution is 0.475. The first-order valence-electron chi connectivity index (χ1n) is 10.9. The topological polar surface area (TPSA) is 20.2 Å². The molecule has 1 N–H and O–H groups in total. The van der Waals surface area contributed by atoms with Gasteiger partial charge in [0.2, 0.25) is 0 Å². The third-order valence-corrected chi connectivity index (χ3v) is 4.39. The van der Waals surface area contributed by atoms with Crippen molar-refractivity contribution in [2.45, 2.75) is 48.0 Å². The van der Waals surface area contributed by atoms with Crippen LogP contribution in [0, 0.1) is 11.8 Å². The van der Waals surface area contributed by atoms with Crippen molar-refractivity contribution in [1.29, 1.82) is 0 Å². The minimum atomic E-state index is 0.295. The number of phenolic OH excluding ortho intramolecular Hbond substituents is 1. The molecule has 0 amide bonds. The number of benzene rings is 2. The molecule has 0 radical (unpaired) electrons. The molecule has 0 aliphatic heterocycles. The molecule has 30 heavy (non-hydrogen) atoms. The molecule has 0 atom stereocenters. The Morgan fingerprint density at radius 1 is 0.833 bits per heavy atom. The molecule has 0 unspecified atom stereocenters. The Morgan fingerprint density at radius 3 is 1.77 bits per heavy atom. The van der Waals surface area contributed by atoms with Crippen molar-refractivity contribution in [1.82, 2.24) is 0 Å². The zero-order chi connectivity index (χ0) is 22.4. The van der Waals surface area contributed by atoms with Gasteiger partial charge in [0.05, 0.1) is 0 Å². The summed E-state index contributed by atoms with van der Waals surface area (Å²) >= 11 is 0. The molecular formula is C29H38O. The molecule has 0 bridgehead atoms. The molecule has 1 heteroatoms. The first-order valence-corrected chi connectivity index (χ1v) is 10.9. The van der Waals surface area contributed by atoms with Gasteiger partial charge in [0, 0.05) is 0 Å². The molecule has 1 nitrogen and oxygen atoms in total. The smallest absolute Gasteiger partial charge is 0.115 e. The van der Waals surface area contributed by atoms with Gasteiger partial charge in [-0.15, -0.1) is 0 Å². The number of allylic oxidation sites excluding steroid dienone is 7. The molecule has 2 aromatic carbocycles. The van der Waals surface area contributed by atoms with Gasteiger partial charge >= 0.3 is 0 Å². The van der Waals surface area contributed by atoms with Gasteiger partial charge in [-0.05, 0) is 59.6 Å². The average Bonchev–Trinajstić information content (AvgIpc) is 2.74. The molecule has 0 spiro atoms. The predicted octanol–water partition coefficient (Wildman–Crippen LogP) is 8.84. The number of phenols is 1. The minimum absolute atomic E-state index is 0.295. The Bertz CT molecular complexity index is 819. The zero-order valence-electron chi connectivity index (χ0n) is 19.5. The summed E-state index contributed by atoms with van der Waals surface area (Å²) in [6, 6.07) is 15.7. The number of rotatable bonds is 7. The molecule has 2 aromatic rings. The molecule has 160 valence electrons. The second-order valence-electron chi connectivity index (χ2n) is 8.00. The van der Waals surface area contributed by atoms with Crippen molar-refractivity contribution in [3.8, 4) is 16.9 Å². The van der Waals surface area contributed by atoms with Crippen molar-refractivity contribution in [3.63, 3.8) is 0 Å². The Hall–Kier alpha value is -2.80. The van der Waals surface area contributed by atoms with E-state index in [0.29, 0.717) is 17.6 Å². The summed E-state index contributed by atoms with van der Waals surface area (Å²) in [6.07, 6.45) is 16.0. The molecule has 0 aliphatic carbocycles. The number of hydrogen-bond acceptors (Lipinski definition) is 1. The molecule has 0 fully saturated rings. The zero-order valence-corrected chi connectivity index (χ0v) is 19.5. The lowest BCUT2D eigenvalue weighted by atomic mass is 10.0. The van der Waals surface area contributed by atoms with Crippen LogP contribution in [0.5, 0.6) is 5.75 Å². The SMILES string of the molecule is CC(C)/C=C\C(C)C.C\C=C/C=C(/C=C/c1ccc(-c2ccc(O)cc2)cc1)CC. The normalized spacial score (nSPS) is 12.3. The maximum Gasteiger partial charge on any atom is 0.115 e. The van der Waals surface area contributed by atoms with Gasteiger partial charge in [0.1, 0.15) is 5.75 Å². The standard InChI is InChI=1S/C21H22O.C8H16/c1-3-5-6-17(4-2)7-8-18-9-11-19(12-10-18)20-13-15-21(22)16-14-20;1-7(2)5-6-8(3)4/h3,5-16,22H,4H2,1-2H3;5-8H,1-4H3/b5-3-,8-7+,17-6+;6-5-. The lowest BCUT2D eigenvalue weighted by Crippen LogP contribution is -1.81. The fourth-order valence-electron chi connectivity index (χ4n) is 2.60. The van der Waals surface area contributed by atoms with Crippen LogP contribution >= 0.6 is 0 Å². The van der Waals surface area contributed by atoms with Crippen LogP contribution in [0.15, 0.2) is 90.6 Å². The second kappa shape index (κ2) is 14.2. The molecule has 0 aromatic heterocycles. The van der Waals surface area contributed by atoms with Crippen molar-refractivity contribution >= 4 is 6.08 Å². The monoisotopic (exact) mass is 402 g/mol. The van der Waals surface area contributed by atoms with Crippen LogP contribution in [0.3, 0.4) is 0 Å². The third-order valence-electron chi connectivity index (χ3n) is 4.39. The highest BCUT2D eigenvalue weighted by Crippen LogP contribution is 2.22. The molecule has 0 saturated heterocycles. The summed E-state index contributed by atoms with van der Waals surface area (Å²) in [5.41, 5.74) is 4.75. The van der Waals surface area contributed by atoms with E-state index < -0.39 is 0 Å². The Balaban J connectivity index is 0.000000479. The van der Waals surface area contributed by atoms with E-state index >= 15 is 0 Å². The van der Waals surface area contributed by atoms with Crippen molar-refractivity contribution in [2.75, 3.05) is 0 Å². The van der Waals surface area contributed by atoms with Crippen molar-refractivity contribution in [2.24, 2.45) is 11.8 Å². The van der Waals surface area contributed by atoms with Crippen LogP contribution in [0.4, 0.5) is 0 Å². The minimum Gasteiger partial charge on any atom is -0.508 e. The Kier molecular flexibility index (Phi) is 12.0. The van der Waals surface area contributed by atoms with Crippen molar-refractivity contribution < 1.29 is 5.11 Å². The molecular weight excluding hydrogens is 364 g/mol. The van der Waals surface area contributed by atoms with E-state index in [4.69, 9.17) is 0 Å². The van der Waals surface area contributed by atoms with E-state index in [1.165, 1.54) is 11.1 Å². The molecule has 0 heterocycles. The van der Waals surface area contributed by atoms with Gasteiger partial charge in [-0.1, -0.05) is 114 Å². The van der Waals surface area contributed by atoms with E-state index in [9.17, 15) is 5.11 Å². The van der Waals surface area contributed by atoms with Crippen LogP contribution in [-0.4, -0.2) is 5.11 Å². The first kappa shape index (κ1) is 25.2. The Morgan fingerprint density at radius 2 is 1.33 bits per heavy atom. The highest BCUT2D eigenvalue weighted by atomic mass is 16.3. The largest absolute Gasteiger partial charge is 0.508 e. The van der Waals surface area contributed by atoms with Crippen LogP contribution < -0.4 is 0 Å². The summed E-state index contributed by atoms with van der Waals surface area (Å²) in [7, 11) is 0. The average molecular weight is 403 g/mol. The van der Waals surface area contributed by atoms with Crippen LogP contribution in [-0.2, 0) is 0 Å². The molecule has 2 rings (SSSR count). The van der Waals surface area contributed by atoms with Crippen molar-refractivity contribution in [3.05, 3.63) is 96.1 Å². The van der Waals surface area contributed by atoms with E-state index in [1.54, 1.807) is 12.1 Å². The van der Waals surface area contributed by atoms with Crippen LogP contribution in [0.25, 0.3) is 17.2 Å². The highest BCUT2D eigenvalue weighted by molar-refractivity contribution is 5.66. The fraction of sp³-hybridized carbons (Fsp3) is 0.310. The first-order chi connectivity index (χ1) is 14.3. The van der Waals surface area contributed by atoms with E-state index in [-0.39, 0.29) is 0 Å². The molecule has 0 saturated carbocycles. The quantitative estimate of drug-likeness (QED) is 0.362. The summed E-state index contributed by atoms with van der Waals surface area (Å²) in [6.45, 7) is 13.0. The summed E-state index contributed by atoms with van der Waals surface area (Å²) in [5.74, 6) is 1.71. The summed E-state index contributed by atoms with van der Waals surface area (Å²) < 4.78 is 0. The summed E-state index contributed by atoms with van der Waals surface area (Å²) in [5, 5.41) is 9.34. The summed E-state index contributed by atoms with van der Waals surface area (Å²) in [4.78, 5) is 0. The third kappa shape index (κ3) is 10.7. The van der Waals surface area contributed by atoms with Gasteiger partial charge in [-0.25, -0.2) is 0 Å². The second-order valence-corrected chi connectivity index (χ2v) is 8.00. The van der Waals surface area contributed by atoms with Crippen LogP contribution in [0.1, 0.15) is 53.5 Å². The lowest BCUT2D eigenvalue weighted by Gasteiger charge is -2.03. The van der Waals surface area contributed by atoms with Gasteiger partial charge < -0.3 is 5.11 Å². The Labute approximate surface area is 184 Å². The van der Waals surface area contributed by atoms with E-state index in [1.807, 2.05) is 25.1 Å². The van der Waals surface area contributed by atoms with Gasteiger partial charge in [0.15, 0.2) is 0 Å². The van der Waals surface area contributed by atoms with Gasteiger partial charge in [-0.3, -0.25) is 0 Å². The maximum atomic E-state index is 9.34. The van der Waals surface area contributed by atoms with E-state index in [2.05, 4.69) is 95.3 Å². The number of hydrogen-bond donors (Lipinski definition) is 1. The highest BCUT2D eigenvalue weighted by Gasteiger charge is 1.97. The number of aromatic hydroxyl groups is 1. The maximum absolute atomic E-state index is 9.34. The van der Waals surface area contributed by atoms with Gasteiger partial charge in [0.25, 0.3) is 0 Å².